The Morgan fingerprint density at radius 3 is 2.46 bits per heavy atom. The average Bonchev–Trinajstić information content (AvgIpc) is 2.63. The van der Waals surface area contributed by atoms with Crippen molar-refractivity contribution in [3.63, 3.8) is 0 Å². The Bertz CT molecular complexity index is 767. The molecule has 1 saturated carbocycles. The fourth-order valence-electron chi connectivity index (χ4n) is 3.02. The van der Waals surface area contributed by atoms with Crippen LogP contribution in [0.5, 0.6) is 0 Å². The SMILES string of the molecule is N#C[C@H]1CC[C@H](/C=C/c2ccc(-c3ccc(F)c(F)c3)nc2)CC1. The number of benzene rings is 1. The molecule has 0 saturated heterocycles. The van der Waals surface area contributed by atoms with Gasteiger partial charge in [-0.05, 0) is 61.4 Å². The average molecular weight is 324 g/mol. The van der Waals surface area contributed by atoms with E-state index in [1.165, 1.54) is 6.07 Å². The second kappa shape index (κ2) is 7.35. The molecule has 0 bridgehead atoms. The van der Waals surface area contributed by atoms with Crippen molar-refractivity contribution in [1.82, 2.24) is 4.98 Å². The fourth-order valence-corrected chi connectivity index (χ4v) is 3.02. The van der Waals surface area contributed by atoms with Gasteiger partial charge >= 0.3 is 0 Å². The number of allylic oxidation sites excluding steroid dienone is 1. The molecule has 2 aromatic rings. The Kier molecular flexibility index (Phi) is 5.00. The van der Waals surface area contributed by atoms with Crippen LogP contribution in [0.15, 0.2) is 42.6 Å². The number of aromatic nitrogens is 1. The Morgan fingerprint density at radius 1 is 1.04 bits per heavy atom. The van der Waals surface area contributed by atoms with Crippen molar-refractivity contribution in [2.75, 3.05) is 0 Å². The van der Waals surface area contributed by atoms with Gasteiger partial charge in [0.1, 0.15) is 0 Å². The minimum absolute atomic E-state index is 0.215. The summed E-state index contributed by atoms with van der Waals surface area (Å²) in [4.78, 5) is 4.33. The van der Waals surface area contributed by atoms with E-state index in [-0.39, 0.29) is 5.92 Å². The molecule has 0 aliphatic heterocycles. The standard InChI is InChI=1S/C20H18F2N2/c21-18-9-8-17(11-19(18)22)20-10-7-16(13-24-20)6-3-14-1-4-15(12-23)5-2-14/h3,6-11,13-15H,1-2,4-5H2/b6-3+/t14-,15-. The van der Waals surface area contributed by atoms with Gasteiger partial charge in [0.05, 0.1) is 11.8 Å². The Morgan fingerprint density at radius 2 is 1.83 bits per heavy atom. The lowest BCUT2D eigenvalue weighted by molar-refractivity contribution is 0.363. The van der Waals surface area contributed by atoms with Crippen LogP contribution >= 0.6 is 0 Å². The molecule has 122 valence electrons. The minimum atomic E-state index is -0.869. The summed E-state index contributed by atoms with van der Waals surface area (Å²) in [5.41, 5.74) is 2.14. The third kappa shape index (κ3) is 3.86. The number of nitriles is 1. The van der Waals surface area contributed by atoms with Crippen molar-refractivity contribution in [2.24, 2.45) is 11.8 Å². The van der Waals surface area contributed by atoms with Crippen molar-refractivity contribution in [1.29, 1.82) is 5.26 Å². The molecule has 0 atom stereocenters. The van der Waals surface area contributed by atoms with Gasteiger partial charge in [-0.15, -0.1) is 0 Å². The smallest absolute Gasteiger partial charge is 0.159 e. The number of pyridine rings is 1. The lowest BCUT2D eigenvalue weighted by Gasteiger charge is -2.21. The second-order valence-corrected chi connectivity index (χ2v) is 6.21. The van der Waals surface area contributed by atoms with Crippen LogP contribution in [0.25, 0.3) is 17.3 Å². The molecule has 1 aromatic carbocycles. The molecule has 0 spiro atoms. The molecule has 1 aliphatic carbocycles. The zero-order valence-corrected chi connectivity index (χ0v) is 13.3. The third-order valence-corrected chi connectivity index (χ3v) is 4.52. The minimum Gasteiger partial charge on any atom is -0.256 e. The molecule has 0 radical (unpaired) electrons. The highest BCUT2D eigenvalue weighted by Crippen LogP contribution is 2.29. The normalized spacial score (nSPS) is 20.9. The number of halogens is 2. The van der Waals surface area contributed by atoms with E-state index in [0.29, 0.717) is 17.2 Å². The second-order valence-electron chi connectivity index (χ2n) is 6.21. The van der Waals surface area contributed by atoms with Crippen LogP contribution in [0.1, 0.15) is 31.2 Å². The Balaban J connectivity index is 1.65. The summed E-state index contributed by atoms with van der Waals surface area (Å²) in [7, 11) is 0. The predicted molar refractivity (Wildman–Crippen MR) is 89.7 cm³/mol. The summed E-state index contributed by atoms with van der Waals surface area (Å²) >= 11 is 0. The molecule has 2 nitrogen and oxygen atoms in total. The van der Waals surface area contributed by atoms with E-state index in [9.17, 15) is 8.78 Å². The first-order valence-corrected chi connectivity index (χ1v) is 8.15. The van der Waals surface area contributed by atoms with Crippen molar-refractivity contribution >= 4 is 6.08 Å². The van der Waals surface area contributed by atoms with Gasteiger partial charge in [-0.1, -0.05) is 18.2 Å². The van der Waals surface area contributed by atoms with Crippen LogP contribution in [-0.4, -0.2) is 4.98 Å². The lowest BCUT2D eigenvalue weighted by Crippen LogP contribution is -2.11. The first kappa shape index (κ1) is 16.3. The van der Waals surface area contributed by atoms with E-state index < -0.39 is 11.6 Å². The highest BCUT2D eigenvalue weighted by atomic mass is 19.2. The molecule has 0 amide bonds. The molecule has 4 heteroatoms. The Labute approximate surface area is 140 Å². The van der Waals surface area contributed by atoms with Crippen LogP contribution in [0.3, 0.4) is 0 Å². The largest absolute Gasteiger partial charge is 0.256 e. The molecule has 1 aliphatic rings. The van der Waals surface area contributed by atoms with Crippen molar-refractivity contribution in [3.8, 4) is 17.3 Å². The maximum atomic E-state index is 13.3. The maximum absolute atomic E-state index is 13.3. The van der Waals surface area contributed by atoms with E-state index in [2.05, 4.69) is 17.1 Å². The van der Waals surface area contributed by atoms with Gasteiger partial charge in [-0.2, -0.15) is 5.26 Å². The highest BCUT2D eigenvalue weighted by Gasteiger charge is 2.18. The monoisotopic (exact) mass is 324 g/mol. The van der Waals surface area contributed by atoms with Gasteiger partial charge in [0.15, 0.2) is 11.6 Å². The van der Waals surface area contributed by atoms with Crippen molar-refractivity contribution in [3.05, 3.63) is 59.8 Å². The van der Waals surface area contributed by atoms with Crippen LogP contribution in [0.4, 0.5) is 8.78 Å². The molecule has 0 N–H and O–H groups in total. The van der Waals surface area contributed by atoms with Gasteiger partial charge in [0.2, 0.25) is 0 Å². The fraction of sp³-hybridized carbons (Fsp3) is 0.300. The zero-order valence-electron chi connectivity index (χ0n) is 13.3. The van der Waals surface area contributed by atoms with Crippen molar-refractivity contribution in [2.45, 2.75) is 25.7 Å². The van der Waals surface area contributed by atoms with Gasteiger partial charge in [-0.25, -0.2) is 8.78 Å². The molecule has 1 heterocycles. The summed E-state index contributed by atoms with van der Waals surface area (Å²) in [5.74, 6) is -0.997. The van der Waals surface area contributed by atoms with E-state index in [4.69, 9.17) is 5.26 Å². The van der Waals surface area contributed by atoms with Gasteiger partial charge < -0.3 is 0 Å². The summed E-state index contributed by atoms with van der Waals surface area (Å²) < 4.78 is 26.3. The number of hydrogen-bond donors (Lipinski definition) is 0. The number of rotatable bonds is 3. The van der Waals surface area contributed by atoms with Crippen LogP contribution < -0.4 is 0 Å². The quantitative estimate of drug-likeness (QED) is 0.761. The first-order chi connectivity index (χ1) is 11.7. The Hall–Kier alpha value is -2.54. The molecule has 1 aromatic heterocycles. The van der Waals surface area contributed by atoms with E-state index in [0.717, 1.165) is 43.4 Å². The zero-order chi connectivity index (χ0) is 16.9. The van der Waals surface area contributed by atoms with Crippen LogP contribution in [0.2, 0.25) is 0 Å². The van der Waals surface area contributed by atoms with Crippen LogP contribution in [-0.2, 0) is 0 Å². The molecular formula is C20H18F2N2. The van der Waals surface area contributed by atoms with Crippen LogP contribution in [0, 0.1) is 34.8 Å². The molecular weight excluding hydrogens is 306 g/mol. The molecule has 1 fully saturated rings. The summed E-state index contributed by atoms with van der Waals surface area (Å²) in [5, 5.41) is 8.92. The van der Waals surface area contributed by atoms with Gasteiger partial charge in [0.25, 0.3) is 0 Å². The van der Waals surface area contributed by atoms with Gasteiger partial charge in [-0.3, -0.25) is 4.98 Å². The predicted octanol–water partition coefficient (Wildman–Crippen LogP) is 5.37. The molecule has 0 unspecified atom stereocenters. The molecule has 24 heavy (non-hydrogen) atoms. The molecule has 3 rings (SSSR count). The number of hydrogen-bond acceptors (Lipinski definition) is 2. The first-order valence-electron chi connectivity index (χ1n) is 8.15. The number of nitrogens with zero attached hydrogens (tertiary/aromatic N) is 2. The highest BCUT2D eigenvalue weighted by molar-refractivity contribution is 5.61. The maximum Gasteiger partial charge on any atom is 0.159 e. The summed E-state index contributed by atoms with van der Waals surface area (Å²) in [6, 6.07) is 9.85. The summed E-state index contributed by atoms with van der Waals surface area (Å²) in [6.45, 7) is 0. The van der Waals surface area contributed by atoms with Gasteiger partial charge in [0, 0.05) is 17.7 Å². The lowest BCUT2D eigenvalue weighted by atomic mass is 9.82. The van der Waals surface area contributed by atoms with E-state index in [1.54, 1.807) is 12.3 Å². The topological polar surface area (TPSA) is 36.7 Å². The van der Waals surface area contributed by atoms with E-state index in [1.807, 2.05) is 12.1 Å². The third-order valence-electron chi connectivity index (χ3n) is 4.52. The van der Waals surface area contributed by atoms with Crippen molar-refractivity contribution < 1.29 is 8.78 Å². The summed E-state index contributed by atoms with van der Waals surface area (Å²) in [6.07, 6.45) is 10.00. The van der Waals surface area contributed by atoms with E-state index >= 15 is 0 Å².